The summed E-state index contributed by atoms with van der Waals surface area (Å²) < 4.78 is 5.14. The van der Waals surface area contributed by atoms with E-state index in [1.807, 2.05) is 44.5 Å². The first-order valence-corrected chi connectivity index (χ1v) is 5.28. The quantitative estimate of drug-likeness (QED) is 0.759. The number of hydrogen-bond donors (Lipinski definition) is 0. The van der Waals surface area contributed by atoms with Crippen molar-refractivity contribution >= 4 is 6.21 Å². The van der Waals surface area contributed by atoms with Crippen molar-refractivity contribution in [2.24, 2.45) is 4.99 Å². The van der Waals surface area contributed by atoms with Gasteiger partial charge >= 0.3 is 0 Å². The fraction of sp³-hybridized carbons (Fsp3) is 0.308. The largest absolute Gasteiger partial charge is 0.497 e. The molecule has 1 heterocycles. The van der Waals surface area contributed by atoms with Gasteiger partial charge in [0.2, 0.25) is 0 Å². The first kappa shape index (κ1) is 10.7. The van der Waals surface area contributed by atoms with Crippen LogP contribution >= 0.6 is 0 Å². The molecule has 0 saturated carbocycles. The second-order valence-corrected chi connectivity index (χ2v) is 3.96. The number of hydrogen-bond acceptors (Lipinski definition) is 3. The van der Waals surface area contributed by atoms with E-state index in [1.165, 1.54) is 11.1 Å². The molecule has 3 heteroatoms. The molecular weight excluding hydrogens is 200 g/mol. The van der Waals surface area contributed by atoms with Gasteiger partial charge in [-0.25, -0.2) is 0 Å². The lowest BCUT2D eigenvalue weighted by Gasteiger charge is -2.27. The lowest BCUT2D eigenvalue weighted by atomic mass is 10.1. The molecule has 1 aromatic carbocycles. The number of rotatable bonds is 2. The molecule has 1 atom stereocenters. The Morgan fingerprint density at radius 2 is 1.94 bits per heavy atom. The van der Waals surface area contributed by atoms with Crippen molar-refractivity contribution in [1.82, 2.24) is 4.90 Å². The summed E-state index contributed by atoms with van der Waals surface area (Å²) in [6.45, 7) is 2.05. The van der Waals surface area contributed by atoms with Crippen molar-refractivity contribution in [3.8, 4) is 5.75 Å². The van der Waals surface area contributed by atoms with E-state index in [1.54, 1.807) is 7.11 Å². The molecule has 1 unspecified atom stereocenters. The number of allylic oxidation sites excluding steroid dienone is 1. The van der Waals surface area contributed by atoms with Crippen molar-refractivity contribution in [1.29, 1.82) is 0 Å². The molecule has 0 radical (unpaired) electrons. The third kappa shape index (κ3) is 2.08. The maximum absolute atomic E-state index is 5.14. The highest BCUT2D eigenvalue weighted by Gasteiger charge is 2.15. The topological polar surface area (TPSA) is 24.8 Å². The zero-order valence-corrected chi connectivity index (χ0v) is 9.84. The van der Waals surface area contributed by atoms with Gasteiger partial charge in [-0.2, -0.15) is 0 Å². The number of aliphatic imine (C=N–C) groups is 1. The smallest absolute Gasteiger partial charge is 0.146 e. The number of nitrogens with zero attached hydrogens (tertiary/aromatic N) is 2. The maximum Gasteiger partial charge on any atom is 0.146 e. The first-order valence-electron chi connectivity index (χ1n) is 5.28. The summed E-state index contributed by atoms with van der Waals surface area (Å²) >= 11 is 0. The van der Waals surface area contributed by atoms with Crippen molar-refractivity contribution in [3.05, 3.63) is 41.6 Å². The monoisotopic (exact) mass is 216 g/mol. The van der Waals surface area contributed by atoms with Gasteiger partial charge in [0, 0.05) is 19.5 Å². The molecule has 0 N–H and O–H groups in total. The van der Waals surface area contributed by atoms with Crippen LogP contribution in [0.2, 0.25) is 0 Å². The Morgan fingerprint density at radius 1 is 1.25 bits per heavy atom. The van der Waals surface area contributed by atoms with E-state index in [2.05, 4.69) is 16.1 Å². The van der Waals surface area contributed by atoms with Gasteiger partial charge in [-0.1, -0.05) is 12.1 Å². The SMILES string of the molecule is COc1ccc(C2N=CC(C)=CN2C)cc1. The van der Waals surface area contributed by atoms with Crippen LogP contribution in [0.25, 0.3) is 0 Å². The van der Waals surface area contributed by atoms with Gasteiger partial charge < -0.3 is 9.64 Å². The average molecular weight is 216 g/mol. The lowest BCUT2D eigenvalue weighted by molar-refractivity contribution is 0.342. The van der Waals surface area contributed by atoms with E-state index in [0.29, 0.717) is 0 Å². The molecule has 2 rings (SSSR count). The molecular formula is C13H16N2O. The fourth-order valence-corrected chi connectivity index (χ4v) is 1.82. The molecule has 0 aromatic heterocycles. The van der Waals surface area contributed by atoms with Crippen molar-refractivity contribution in [2.75, 3.05) is 14.2 Å². The molecule has 1 aromatic rings. The van der Waals surface area contributed by atoms with E-state index in [4.69, 9.17) is 4.74 Å². The summed E-state index contributed by atoms with van der Waals surface area (Å²) in [5, 5.41) is 0. The van der Waals surface area contributed by atoms with Gasteiger partial charge in [-0.15, -0.1) is 0 Å². The number of ether oxygens (including phenoxy) is 1. The molecule has 0 fully saturated rings. The lowest BCUT2D eigenvalue weighted by Crippen LogP contribution is -2.21. The molecule has 0 amide bonds. The summed E-state index contributed by atoms with van der Waals surface area (Å²) in [6.07, 6.45) is 4.09. The molecule has 3 nitrogen and oxygen atoms in total. The summed E-state index contributed by atoms with van der Waals surface area (Å²) in [4.78, 5) is 6.62. The van der Waals surface area contributed by atoms with Gasteiger partial charge in [-0.05, 0) is 30.2 Å². The zero-order chi connectivity index (χ0) is 11.5. The van der Waals surface area contributed by atoms with Gasteiger partial charge in [0.15, 0.2) is 0 Å². The standard InChI is InChI=1S/C13H16N2O/c1-10-8-14-13(15(2)9-10)11-4-6-12(16-3)7-5-11/h4-9,13H,1-3H3. The minimum absolute atomic E-state index is 0.0783. The summed E-state index contributed by atoms with van der Waals surface area (Å²) in [7, 11) is 3.71. The van der Waals surface area contributed by atoms with E-state index in [0.717, 1.165) is 5.75 Å². The van der Waals surface area contributed by atoms with Crippen LogP contribution < -0.4 is 4.74 Å². The van der Waals surface area contributed by atoms with Gasteiger partial charge in [0.25, 0.3) is 0 Å². The molecule has 84 valence electrons. The zero-order valence-electron chi connectivity index (χ0n) is 9.84. The third-order valence-electron chi connectivity index (χ3n) is 2.63. The summed E-state index contributed by atoms with van der Waals surface area (Å²) in [5.74, 6) is 0.873. The highest BCUT2D eigenvalue weighted by Crippen LogP contribution is 2.25. The van der Waals surface area contributed by atoms with Gasteiger partial charge in [-0.3, -0.25) is 4.99 Å². The second kappa shape index (κ2) is 4.39. The highest BCUT2D eigenvalue weighted by molar-refractivity contribution is 5.78. The molecule has 0 saturated heterocycles. The minimum atomic E-state index is 0.0783. The Morgan fingerprint density at radius 3 is 2.50 bits per heavy atom. The molecule has 0 aliphatic carbocycles. The number of methoxy groups -OCH3 is 1. The van der Waals surface area contributed by atoms with Crippen LogP contribution in [0.4, 0.5) is 0 Å². The van der Waals surface area contributed by atoms with Crippen molar-refractivity contribution in [2.45, 2.75) is 13.1 Å². The van der Waals surface area contributed by atoms with Crippen molar-refractivity contribution < 1.29 is 4.74 Å². The predicted octanol–water partition coefficient (Wildman–Crippen LogP) is 2.61. The van der Waals surface area contributed by atoms with Crippen LogP contribution in [0, 0.1) is 0 Å². The van der Waals surface area contributed by atoms with Crippen LogP contribution in [0.3, 0.4) is 0 Å². The Balaban J connectivity index is 2.22. The Hall–Kier alpha value is -1.77. The molecule has 16 heavy (non-hydrogen) atoms. The fourth-order valence-electron chi connectivity index (χ4n) is 1.82. The Bertz CT molecular complexity index is 420. The van der Waals surface area contributed by atoms with Crippen LogP contribution in [0.5, 0.6) is 5.75 Å². The average Bonchev–Trinajstić information content (AvgIpc) is 2.29. The summed E-state index contributed by atoms with van der Waals surface area (Å²) in [5.41, 5.74) is 2.34. The molecule has 1 aliphatic heterocycles. The predicted molar refractivity (Wildman–Crippen MR) is 65.7 cm³/mol. The van der Waals surface area contributed by atoms with Crippen LogP contribution in [-0.2, 0) is 0 Å². The number of benzene rings is 1. The van der Waals surface area contributed by atoms with Gasteiger partial charge in [0.05, 0.1) is 7.11 Å². The molecule has 0 spiro atoms. The van der Waals surface area contributed by atoms with E-state index in [9.17, 15) is 0 Å². The van der Waals surface area contributed by atoms with Crippen LogP contribution in [0.1, 0.15) is 18.7 Å². The van der Waals surface area contributed by atoms with E-state index in [-0.39, 0.29) is 6.17 Å². The third-order valence-corrected chi connectivity index (χ3v) is 2.63. The maximum atomic E-state index is 5.14. The Labute approximate surface area is 96.1 Å². The Kier molecular flexibility index (Phi) is 2.95. The van der Waals surface area contributed by atoms with Gasteiger partial charge in [0.1, 0.15) is 11.9 Å². The van der Waals surface area contributed by atoms with E-state index < -0.39 is 0 Å². The molecule has 0 bridgehead atoms. The molecule has 1 aliphatic rings. The highest BCUT2D eigenvalue weighted by atomic mass is 16.5. The van der Waals surface area contributed by atoms with Crippen LogP contribution in [0.15, 0.2) is 41.0 Å². The van der Waals surface area contributed by atoms with Crippen molar-refractivity contribution in [3.63, 3.8) is 0 Å². The van der Waals surface area contributed by atoms with E-state index >= 15 is 0 Å². The van der Waals surface area contributed by atoms with Crippen LogP contribution in [-0.4, -0.2) is 25.3 Å². The first-order chi connectivity index (χ1) is 7.70. The second-order valence-electron chi connectivity index (χ2n) is 3.96. The summed E-state index contributed by atoms with van der Waals surface area (Å²) in [6, 6.07) is 8.02. The normalized spacial score (nSPS) is 19.6. The minimum Gasteiger partial charge on any atom is -0.497 e.